The van der Waals surface area contributed by atoms with E-state index in [1.54, 1.807) is 19.9 Å². The van der Waals surface area contributed by atoms with E-state index in [-0.39, 0.29) is 18.8 Å². The third kappa shape index (κ3) is 4.17. The molecule has 2 nitrogen and oxygen atoms in total. The van der Waals surface area contributed by atoms with E-state index >= 15 is 0 Å². The zero-order valence-electron chi connectivity index (χ0n) is 10.1. The van der Waals surface area contributed by atoms with Crippen molar-refractivity contribution in [2.45, 2.75) is 20.0 Å². The summed E-state index contributed by atoms with van der Waals surface area (Å²) >= 11 is 3.03. The van der Waals surface area contributed by atoms with Crippen LogP contribution in [0.1, 0.15) is 19.4 Å². The van der Waals surface area contributed by atoms with Crippen LogP contribution in [0.3, 0.4) is 0 Å². The molecule has 1 aromatic rings. The average molecular weight is 326 g/mol. The molecule has 1 rings (SSSR count). The van der Waals surface area contributed by atoms with E-state index in [1.165, 1.54) is 6.07 Å². The Morgan fingerprint density at radius 2 is 1.89 bits per heavy atom. The van der Waals surface area contributed by atoms with Crippen molar-refractivity contribution in [1.82, 2.24) is 0 Å². The summed E-state index contributed by atoms with van der Waals surface area (Å²) in [4.78, 5) is 0. The molecule has 0 radical (unpaired) electrons. The molecule has 0 atom stereocenters. The van der Waals surface area contributed by atoms with Gasteiger partial charge in [-0.1, -0.05) is 29.8 Å². The predicted molar refractivity (Wildman–Crippen MR) is 68.5 cm³/mol. The Morgan fingerprint density at radius 3 is 2.39 bits per heavy atom. The van der Waals surface area contributed by atoms with Gasteiger partial charge in [0.15, 0.2) is 0 Å². The van der Waals surface area contributed by atoms with Crippen LogP contribution in [0.25, 0.3) is 0 Å². The second-order valence-electron chi connectivity index (χ2n) is 4.86. The molecule has 18 heavy (non-hydrogen) atoms. The molecular weight excluding hydrogens is 311 g/mol. The first-order chi connectivity index (χ1) is 8.15. The molecule has 0 heterocycles. The standard InChI is InChI=1S/C12H15BrF3NO/c1-11(2,7-18)6-17-10-4-3-8(13)5-9(10)12(14,15)16/h3-5,17-18H,6-7H2,1-2H3. The number of rotatable bonds is 4. The highest BCUT2D eigenvalue weighted by Crippen LogP contribution is 2.36. The maximum Gasteiger partial charge on any atom is 0.418 e. The van der Waals surface area contributed by atoms with Gasteiger partial charge in [-0.2, -0.15) is 13.2 Å². The molecule has 1 aromatic carbocycles. The fourth-order valence-corrected chi connectivity index (χ4v) is 1.66. The highest BCUT2D eigenvalue weighted by molar-refractivity contribution is 9.10. The Bertz CT molecular complexity index is 418. The van der Waals surface area contributed by atoms with E-state index in [1.807, 2.05) is 0 Å². The number of hydrogen-bond donors (Lipinski definition) is 2. The molecule has 0 aromatic heterocycles. The molecule has 0 aliphatic carbocycles. The number of halogens is 4. The van der Waals surface area contributed by atoms with Crippen LogP contribution in [-0.4, -0.2) is 18.3 Å². The highest BCUT2D eigenvalue weighted by atomic mass is 79.9. The molecule has 0 amide bonds. The van der Waals surface area contributed by atoms with E-state index in [9.17, 15) is 13.2 Å². The topological polar surface area (TPSA) is 32.3 Å². The van der Waals surface area contributed by atoms with Crippen molar-refractivity contribution in [2.24, 2.45) is 5.41 Å². The minimum absolute atomic E-state index is 0.0206. The maximum absolute atomic E-state index is 12.8. The lowest BCUT2D eigenvalue weighted by atomic mass is 9.95. The monoisotopic (exact) mass is 325 g/mol. The Morgan fingerprint density at radius 1 is 1.28 bits per heavy atom. The van der Waals surface area contributed by atoms with Gasteiger partial charge < -0.3 is 10.4 Å². The van der Waals surface area contributed by atoms with E-state index < -0.39 is 17.2 Å². The molecule has 0 unspecified atom stereocenters. The first-order valence-electron chi connectivity index (χ1n) is 5.37. The summed E-state index contributed by atoms with van der Waals surface area (Å²) in [5.74, 6) is 0. The molecule has 6 heteroatoms. The molecule has 0 saturated heterocycles. The SMILES string of the molecule is CC(C)(CO)CNc1ccc(Br)cc1C(F)(F)F. The number of alkyl halides is 3. The lowest BCUT2D eigenvalue weighted by molar-refractivity contribution is -0.137. The molecule has 0 spiro atoms. The molecule has 0 saturated carbocycles. The van der Waals surface area contributed by atoms with Crippen LogP contribution < -0.4 is 5.32 Å². The smallest absolute Gasteiger partial charge is 0.396 e. The summed E-state index contributed by atoms with van der Waals surface area (Å²) in [5, 5.41) is 11.8. The minimum Gasteiger partial charge on any atom is -0.396 e. The van der Waals surface area contributed by atoms with E-state index in [0.717, 1.165) is 6.07 Å². The van der Waals surface area contributed by atoms with E-state index in [2.05, 4.69) is 21.2 Å². The van der Waals surface area contributed by atoms with Crippen LogP contribution in [0.5, 0.6) is 0 Å². The normalized spacial score (nSPS) is 12.6. The second kappa shape index (κ2) is 5.48. The van der Waals surface area contributed by atoms with Crippen LogP contribution in [0.15, 0.2) is 22.7 Å². The number of hydrogen-bond acceptors (Lipinski definition) is 2. The molecule has 102 valence electrons. The van der Waals surface area contributed by atoms with Gasteiger partial charge in [-0.05, 0) is 18.2 Å². The molecule has 0 bridgehead atoms. The van der Waals surface area contributed by atoms with Gasteiger partial charge in [-0.15, -0.1) is 0 Å². The minimum atomic E-state index is -4.41. The Balaban J connectivity index is 2.96. The summed E-state index contributed by atoms with van der Waals surface area (Å²) in [6.45, 7) is 3.70. The van der Waals surface area contributed by atoms with Gasteiger partial charge in [0.05, 0.1) is 5.56 Å². The molecule has 0 aliphatic rings. The largest absolute Gasteiger partial charge is 0.418 e. The number of anilines is 1. The van der Waals surface area contributed by atoms with E-state index in [0.29, 0.717) is 4.47 Å². The first kappa shape index (κ1) is 15.3. The third-order valence-corrected chi connectivity index (χ3v) is 2.97. The summed E-state index contributed by atoms with van der Waals surface area (Å²) in [6.07, 6.45) is -4.41. The maximum atomic E-state index is 12.8. The van der Waals surface area contributed by atoms with Crippen LogP contribution >= 0.6 is 15.9 Å². The van der Waals surface area contributed by atoms with Crippen molar-refractivity contribution in [2.75, 3.05) is 18.5 Å². The molecular formula is C12H15BrF3NO. The van der Waals surface area contributed by atoms with Crippen LogP contribution in [0.2, 0.25) is 0 Å². The van der Waals surface area contributed by atoms with Crippen molar-refractivity contribution in [3.63, 3.8) is 0 Å². The van der Waals surface area contributed by atoms with Gasteiger partial charge in [0, 0.05) is 28.7 Å². The summed E-state index contributed by atoms with van der Waals surface area (Å²) in [7, 11) is 0. The summed E-state index contributed by atoms with van der Waals surface area (Å²) in [6, 6.07) is 3.96. The Hall–Kier alpha value is -0.750. The fraction of sp³-hybridized carbons (Fsp3) is 0.500. The first-order valence-corrected chi connectivity index (χ1v) is 6.16. The van der Waals surface area contributed by atoms with Crippen LogP contribution in [0, 0.1) is 5.41 Å². The Labute approximate surface area is 112 Å². The van der Waals surface area contributed by atoms with Crippen LogP contribution in [-0.2, 0) is 6.18 Å². The average Bonchev–Trinajstić information content (AvgIpc) is 2.26. The van der Waals surface area contributed by atoms with Gasteiger partial charge in [-0.3, -0.25) is 0 Å². The molecule has 0 fully saturated rings. The quantitative estimate of drug-likeness (QED) is 0.880. The van der Waals surface area contributed by atoms with Crippen molar-refractivity contribution in [3.05, 3.63) is 28.2 Å². The lowest BCUT2D eigenvalue weighted by Crippen LogP contribution is -2.27. The van der Waals surface area contributed by atoms with E-state index in [4.69, 9.17) is 5.11 Å². The Kier molecular flexibility index (Phi) is 4.66. The van der Waals surface area contributed by atoms with Gasteiger partial charge >= 0.3 is 6.18 Å². The van der Waals surface area contributed by atoms with Crippen molar-refractivity contribution < 1.29 is 18.3 Å². The lowest BCUT2D eigenvalue weighted by Gasteiger charge is -2.24. The molecule has 2 N–H and O–H groups in total. The number of benzene rings is 1. The fourth-order valence-electron chi connectivity index (χ4n) is 1.30. The van der Waals surface area contributed by atoms with Crippen molar-refractivity contribution in [3.8, 4) is 0 Å². The van der Waals surface area contributed by atoms with Crippen molar-refractivity contribution >= 4 is 21.6 Å². The number of aliphatic hydroxyl groups excluding tert-OH is 1. The third-order valence-electron chi connectivity index (χ3n) is 2.47. The van der Waals surface area contributed by atoms with Gasteiger partial charge in [0.25, 0.3) is 0 Å². The van der Waals surface area contributed by atoms with Gasteiger partial charge in [-0.25, -0.2) is 0 Å². The highest BCUT2D eigenvalue weighted by Gasteiger charge is 2.34. The number of aliphatic hydroxyl groups is 1. The van der Waals surface area contributed by atoms with Gasteiger partial charge in [0.2, 0.25) is 0 Å². The predicted octanol–water partition coefficient (Wildman–Crippen LogP) is 3.90. The zero-order chi connectivity index (χ0) is 14.0. The van der Waals surface area contributed by atoms with Crippen LogP contribution in [0.4, 0.5) is 18.9 Å². The second-order valence-corrected chi connectivity index (χ2v) is 5.78. The summed E-state index contributed by atoms with van der Waals surface area (Å²) < 4.78 is 38.8. The molecule has 0 aliphatic heterocycles. The van der Waals surface area contributed by atoms with Gasteiger partial charge in [0.1, 0.15) is 0 Å². The summed E-state index contributed by atoms with van der Waals surface area (Å²) in [5.41, 5.74) is -1.17. The van der Waals surface area contributed by atoms with Crippen molar-refractivity contribution in [1.29, 1.82) is 0 Å². The number of nitrogens with one attached hydrogen (secondary N) is 1. The zero-order valence-corrected chi connectivity index (χ0v) is 11.7.